The molecule has 0 heterocycles. The first-order valence-electron chi connectivity index (χ1n) is 10.3. The highest BCUT2D eigenvalue weighted by Gasteiger charge is 2.24. The summed E-state index contributed by atoms with van der Waals surface area (Å²) in [7, 11) is 0. The Morgan fingerprint density at radius 2 is 1.48 bits per heavy atom. The lowest BCUT2D eigenvalue weighted by Crippen LogP contribution is -2.30. The molecule has 0 aliphatic carbocycles. The van der Waals surface area contributed by atoms with Crippen LogP contribution in [0.15, 0.2) is 48.5 Å². The first kappa shape index (κ1) is 21.4. The predicted molar refractivity (Wildman–Crippen MR) is 114 cm³/mol. The Morgan fingerprint density at radius 3 is 1.96 bits per heavy atom. The first-order chi connectivity index (χ1) is 12.8. The molecule has 0 spiro atoms. The number of aryl methyl sites for hydroxylation is 1. The third-order valence-corrected chi connectivity index (χ3v) is 5.34. The van der Waals surface area contributed by atoms with Crippen LogP contribution in [0.1, 0.15) is 75.7 Å². The molecule has 0 aromatic heterocycles. The van der Waals surface area contributed by atoms with E-state index in [4.69, 9.17) is 0 Å². The van der Waals surface area contributed by atoms with Gasteiger partial charge in [-0.25, -0.2) is 0 Å². The van der Waals surface area contributed by atoms with Crippen molar-refractivity contribution in [3.8, 4) is 11.1 Å². The Balaban J connectivity index is 1.96. The number of aliphatic hydroxyl groups is 1. The number of hydrogen-bond acceptors (Lipinski definition) is 2. The van der Waals surface area contributed by atoms with Gasteiger partial charge in [0.1, 0.15) is 5.60 Å². The fourth-order valence-electron chi connectivity index (χ4n) is 3.59. The molecule has 0 saturated carbocycles. The lowest BCUT2D eigenvalue weighted by Gasteiger charge is -2.15. The van der Waals surface area contributed by atoms with Crippen LogP contribution in [0.3, 0.4) is 0 Å². The zero-order chi connectivity index (χ0) is 19.9. The Hall–Kier alpha value is -1.93. The molecule has 0 amide bonds. The van der Waals surface area contributed by atoms with Crippen molar-refractivity contribution in [2.45, 2.75) is 71.8 Å². The van der Waals surface area contributed by atoms with E-state index in [1.807, 2.05) is 12.1 Å². The summed E-state index contributed by atoms with van der Waals surface area (Å²) in [5.74, 6) is 0.622. The van der Waals surface area contributed by atoms with Gasteiger partial charge in [0, 0.05) is 5.56 Å². The summed E-state index contributed by atoms with van der Waals surface area (Å²) in [4.78, 5) is 12.1. The van der Waals surface area contributed by atoms with Crippen LogP contribution in [-0.4, -0.2) is 16.5 Å². The van der Waals surface area contributed by atoms with Crippen LogP contribution in [0, 0.1) is 5.92 Å². The Kier molecular flexibility index (Phi) is 7.79. The minimum Gasteiger partial charge on any atom is -0.382 e. The fraction of sp³-hybridized carbons (Fsp3) is 0.480. The zero-order valence-corrected chi connectivity index (χ0v) is 17.3. The lowest BCUT2D eigenvalue weighted by molar-refractivity contribution is 0.0488. The van der Waals surface area contributed by atoms with Crippen molar-refractivity contribution in [3.05, 3.63) is 59.7 Å². The van der Waals surface area contributed by atoms with E-state index in [0.29, 0.717) is 5.56 Å². The zero-order valence-electron chi connectivity index (χ0n) is 17.3. The van der Waals surface area contributed by atoms with Crippen LogP contribution in [0.5, 0.6) is 0 Å². The van der Waals surface area contributed by atoms with Crippen LogP contribution < -0.4 is 0 Å². The average molecular weight is 367 g/mol. The van der Waals surface area contributed by atoms with Gasteiger partial charge in [0.2, 0.25) is 0 Å². The van der Waals surface area contributed by atoms with Gasteiger partial charge in [-0.05, 0) is 49.3 Å². The molecule has 0 bridgehead atoms. The molecule has 0 aliphatic rings. The van der Waals surface area contributed by atoms with Crippen LogP contribution in [0.4, 0.5) is 0 Å². The molecule has 1 N–H and O–H groups in total. The summed E-state index contributed by atoms with van der Waals surface area (Å²) in [6.45, 7) is 7.61. The molecule has 0 radical (unpaired) electrons. The molecule has 2 heteroatoms. The van der Waals surface area contributed by atoms with Crippen molar-refractivity contribution in [3.63, 3.8) is 0 Å². The van der Waals surface area contributed by atoms with Gasteiger partial charge in [-0.2, -0.15) is 0 Å². The fourth-order valence-corrected chi connectivity index (χ4v) is 3.59. The minimum atomic E-state index is -1.34. The van der Waals surface area contributed by atoms with Crippen LogP contribution >= 0.6 is 0 Å². The van der Waals surface area contributed by atoms with Crippen molar-refractivity contribution >= 4 is 5.78 Å². The monoisotopic (exact) mass is 366 g/mol. The topological polar surface area (TPSA) is 37.3 Å². The second-order valence-corrected chi connectivity index (χ2v) is 8.12. The molecular formula is C25H34O2. The molecule has 27 heavy (non-hydrogen) atoms. The second kappa shape index (κ2) is 9.85. The molecule has 1 unspecified atom stereocenters. The van der Waals surface area contributed by atoms with Gasteiger partial charge in [-0.1, -0.05) is 88.1 Å². The van der Waals surface area contributed by atoms with Gasteiger partial charge < -0.3 is 5.11 Å². The molecule has 2 aromatic rings. The van der Waals surface area contributed by atoms with E-state index in [1.54, 1.807) is 12.1 Å². The maximum atomic E-state index is 12.1. The summed E-state index contributed by atoms with van der Waals surface area (Å²) in [5, 5.41) is 9.86. The van der Waals surface area contributed by atoms with Crippen molar-refractivity contribution in [2.24, 2.45) is 5.92 Å². The molecule has 0 saturated heterocycles. The van der Waals surface area contributed by atoms with E-state index < -0.39 is 5.60 Å². The molecule has 0 aliphatic heterocycles. The van der Waals surface area contributed by atoms with E-state index >= 15 is 0 Å². The van der Waals surface area contributed by atoms with Crippen LogP contribution in [-0.2, 0) is 6.42 Å². The highest BCUT2D eigenvalue weighted by Crippen LogP contribution is 2.23. The van der Waals surface area contributed by atoms with Crippen molar-refractivity contribution < 1.29 is 9.90 Å². The predicted octanol–water partition coefficient (Wildman–Crippen LogP) is 6.46. The van der Waals surface area contributed by atoms with E-state index in [9.17, 15) is 9.90 Å². The molecule has 146 valence electrons. The van der Waals surface area contributed by atoms with Crippen LogP contribution in [0.25, 0.3) is 11.1 Å². The smallest absolute Gasteiger partial charge is 0.193 e. The normalized spacial score (nSPS) is 12.8. The van der Waals surface area contributed by atoms with E-state index in [-0.39, 0.29) is 5.78 Å². The number of hydrogen-bond donors (Lipinski definition) is 1. The number of ketones is 1. The molecule has 2 aromatic carbocycles. The van der Waals surface area contributed by atoms with Crippen molar-refractivity contribution in [2.75, 3.05) is 0 Å². The molecule has 2 rings (SSSR count). The molecule has 1 atom stereocenters. The van der Waals surface area contributed by atoms with Gasteiger partial charge in [-0.3, -0.25) is 4.79 Å². The maximum absolute atomic E-state index is 12.1. The largest absolute Gasteiger partial charge is 0.382 e. The second-order valence-electron chi connectivity index (χ2n) is 8.12. The van der Waals surface area contributed by atoms with Crippen molar-refractivity contribution in [1.82, 2.24) is 0 Å². The van der Waals surface area contributed by atoms with Gasteiger partial charge >= 0.3 is 0 Å². The maximum Gasteiger partial charge on any atom is 0.193 e. The van der Waals surface area contributed by atoms with E-state index in [2.05, 4.69) is 38.1 Å². The number of carbonyl (C=O) groups is 1. The van der Waals surface area contributed by atoms with Gasteiger partial charge in [0.25, 0.3) is 0 Å². The van der Waals surface area contributed by atoms with Gasteiger partial charge in [-0.15, -0.1) is 0 Å². The highest BCUT2D eigenvalue weighted by molar-refractivity contribution is 6.02. The number of rotatable bonds is 10. The Morgan fingerprint density at radius 1 is 0.926 bits per heavy atom. The third kappa shape index (κ3) is 6.32. The molecular weight excluding hydrogens is 332 g/mol. The minimum absolute atomic E-state index is 0.252. The number of Topliss-reactive ketones (excluding diaryl/α,β-unsaturated/α-hetero) is 1. The number of benzene rings is 2. The summed E-state index contributed by atoms with van der Waals surface area (Å²) < 4.78 is 0. The van der Waals surface area contributed by atoms with Crippen LogP contribution in [0.2, 0.25) is 0 Å². The van der Waals surface area contributed by atoms with Crippen molar-refractivity contribution in [1.29, 1.82) is 0 Å². The Bertz CT molecular complexity index is 705. The Labute approximate surface area is 164 Å². The molecule has 2 nitrogen and oxygen atoms in total. The standard InChI is InChI=1S/C25H34O2/c1-5-8-19(6-2)9-7-10-20-11-13-21(14-12-20)22-15-17-23(18-16-22)24(26)25(3,4)27/h11-19,27H,5-10H2,1-4H3. The van der Waals surface area contributed by atoms with Gasteiger partial charge in [0.05, 0.1) is 0 Å². The quantitative estimate of drug-likeness (QED) is 0.490. The first-order valence-corrected chi connectivity index (χ1v) is 10.3. The summed E-state index contributed by atoms with van der Waals surface area (Å²) in [6, 6.07) is 16.2. The average Bonchev–Trinajstić information content (AvgIpc) is 2.66. The lowest BCUT2D eigenvalue weighted by atomic mass is 9.93. The van der Waals surface area contributed by atoms with E-state index in [0.717, 1.165) is 23.5 Å². The van der Waals surface area contributed by atoms with E-state index in [1.165, 1.54) is 51.5 Å². The third-order valence-electron chi connectivity index (χ3n) is 5.34. The summed E-state index contributed by atoms with van der Waals surface area (Å²) >= 11 is 0. The van der Waals surface area contributed by atoms with Gasteiger partial charge in [0.15, 0.2) is 5.78 Å². The summed E-state index contributed by atoms with van der Waals surface area (Å²) in [6.07, 6.45) is 7.64. The molecule has 0 fully saturated rings. The SMILES string of the molecule is CCCC(CC)CCCc1ccc(-c2ccc(C(=O)C(C)(C)O)cc2)cc1. The number of carbonyl (C=O) groups excluding carboxylic acids is 1. The highest BCUT2D eigenvalue weighted by atomic mass is 16.3. The summed E-state index contributed by atoms with van der Waals surface area (Å²) in [5.41, 5.74) is 2.83.